The molecule has 0 bridgehead atoms. The molecule has 4 heterocycles. The molecule has 0 aromatic heterocycles. The van der Waals surface area contributed by atoms with E-state index < -0.39 is 11.8 Å². The van der Waals surface area contributed by atoms with Crippen LogP contribution < -0.4 is 34.7 Å². The van der Waals surface area contributed by atoms with Gasteiger partial charge < -0.3 is 48.7 Å². The SMILES string of the molecule is COc1ccc(C2COC3(CCC4(c5ccc(OCC6SC7(CCC8(c9ccc(OC)c(OC)c9)CCN(C)C8C7)NC6C(N)=O)c(OC)c5)CCN(C)C4C3)O2)cc1. The molecule has 2 saturated carbocycles. The zero-order valence-corrected chi connectivity index (χ0v) is 36.1. The molecule has 9 atom stereocenters. The Kier molecular flexibility index (Phi) is 10.8. The number of likely N-dealkylation sites (N-methyl/N-ethyl adjacent to an activating group) is 2. The van der Waals surface area contributed by atoms with Crippen LogP contribution in [-0.4, -0.2) is 119 Å². The van der Waals surface area contributed by atoms with E-state index in [0.717, 1.165) is 87.3 Å². The number of benzene rings is 3. The van der Waals surface area contributed by atoms with Crippen molar-refractivity contribution in [2.45, 2.75) is 102 Å². The molecule has 318 valence electrons. The fourth-order valence-corrected chi connectivity index (χ4v) is 13.4. The Morgan fingerprint density at radius 3 is 2.00 bits per heavy atom. The van der Waals surface area contributed by atoms with Crippen LogP contribution in [0.4, 0.5) is 0 Å². The van der Waals surface area contributed by atoms with Crippen molar-refractivity contribution in [3.05, 3.63) is 77.4 Å². The van der Waals surface area contributed by atoms with Crippen molar-refractivity contribution in [3.63, 3.8) is 0 Å². The molecule has 3 aromatic carbocycles. The van der Waals surface area contributed by atoms with Crippen molar-refractivity contribution >= 4 is 17.7 Å². The van der Waals surface area contributed by atoms with Crippen LogP contribution in [0.3, 0.4) is 0 Å². The predicted molar refractivity (Wildman–Crippen MR) is 227 cm³/mol. The molecule has 2 spiro atoms. The molecule has 0 radical (unpaired) electrons. The van der Waals surface area contributed by atoms with Crippen molar-refractivity contribution in [2.24, 2.45) is 5.73 Å². The van der Waals surface area contributed by atoms with Gasteiger partial charge in [-0.2, -0.15) is 0 Å². The molecular formula is C46H60N4O8S. The minimum Gasteiger partial charge on any atom is -0.497 e. The second-order valence-electron chi connectivity index (χ2n) is 17.7. The fourth-order valence-electron chi connectivity index (χ4n) is 11.7. The van der Waals surface area contributed by atoms with E-state index in [1.54, 1.807) is 28.4 Å². The van der Waals surface area contributed by atoms with Crippen molar-refractivity contribution in [1.29, 1.82) is 0 Å². The second-order valence-corrected chi connectivity index (χ2v) is 19.4. The molecule has 3 N–H and O–H groups in total. The predicted octanol–water partition coefficient (Wildman–Crippen LogP) is 5.79. The van der Waals surface area contributed by atoms with E-state index in [9.17, 15) is 4.79 Å². The summed E-state index contributed by atoms with van der Waals surface area (Å²) in [6.07, 6.45) is 7.34. The van der Waals surface area contributed by atoms with Crippen molar-refractivity contribution in [1.82, 2.24) is 15.1 Å². The molecule has 59 heavy (non-hydrogen) atoms. The molecule has 9 unspecified atom stereocenters. The summed E-state index contributed by atoms with van der Waals surface area (Å²) in [4.78, 5) is 17.7. The molecule has 4 aliphatic heterocycles. The first-order chi connectivity index (χ1) is 28.5. The highest BCUT2D eigenvalue weighted by Gasteiger charge is 2.60. The summed E-state index contributed by atoms with van der Waals surface area (Å²) in [5.74, 6) is 2.73. The summed E-state index contributed by atoms with van der Waals surface area (Å²) in [5, 5.41) is 3.60. The highest BCUT2D eigenvalue weighted by molar-refractivity contribution is 8.01. The zero-order chi connectivity index (χ0) is 41.2. The standard InChI is InChI=1S/C46H60N4O8S/c1-49-21-19-43(30-9-13-33(53-4)35(23-30)54-5)15-17-45(25-39(43)49)48-41(42(47)51)38(59-45)28-56-34-14-10-31(24-36(34)55-6)44-16-18-46(26-40(44)50(2)22-20-44)57-27-37(58-46)29-7-11-32(52-3)12-8-29/h7-14,23-24,37-41,48H,15-22,25-28H2,1-6H3,(H2,47,51). The van der Waals surface area contributed by atoms with E-state index in [2.05, 4.69) is 71.7 Å². The Bertz CT molecular complexity index is 2040. The zero-order valence-electron chi connectivity index (χ0n) is 35.3. The van der Waals surface area contributed by atoms with Crippen LogP contribution in [0.2, 0.25) is 0 Å². The lowest BCUT2D eigenvalue weighted by Crippen LogP contribution is -2.57. The molecule has 3 aromatic rings. The highest BCUT2D eigenvalue weighted by Crippen LogP contribution is 2.58. The number of thioether (sulfide) groups is 1. The van der Waals surface area contributed by atoms with Gasteiger partial charge in [0.15, 0.2) is 28.8 Å². The number of rotatable bonds is 11. The number of carbonyl (C=O) groups excluding carboxylic acids is 1. The number of nitrogens with zero attached hydrogens (tertiary/aromatic N) is 2. The molecule has 6 aliphatic rings. The number of ether oxygens (including phenoxy) is 7. The average molecular weight is 829 g/mol. The smallest absolute Gasteiger partial charge is 0.235 e. The van der Waals surface area contributed by atoms with E-state index in [1.807, 2.05) is 30.0 Å². The van der Waals surface area contributed by atoms with Crippen LogP contribution >= 0.6 is 11.8 Å². The van der Waals surface area contributed by atoms with E-state index in [-0.39, 0.29) is 45.0 Å². The maximum Gasteiger partial charge on any atom is 0.235 e. The summed E-state index contributed by atoms with van der Waals surface area (Å²) in [7, 11) is 11.2. The lowest BCUT2D eigenvalue weighted by atomic mass is 9.64. The second kappa shape index (κ2) is 15.6. The van der Waals surface area contributed by atoms with Crippen LogP contribution in [0, 0.1) is 0 Å². The van der Waals surface area contributed by atoms with E-state index in [4.69, 9.17) is 38.9 Å². The normalized spacial score (nSPS) is 35.5. The van der Waals surface area contributed by atoms with Gasteiger partial charge >= 0.3 is 0 Å². The number of primary amides is 1. The van der Waals surface area contributed by atoms with Crippen LogP contribution in [0.15, 0.2) is 60.7 Å². The molecule has 12 nitrogen and oxygen atoms in total. The van der Waals surface area contributed by atoms with Crippen LogP contribution in [0.25, 0.3) is 0 Å². The van der Waals surface area contributed by atoms with Gasteiger partial charge in [0.05, 0.1) is 45.2 Å². The van der Waals surface area contributed by atoms with Gasteiger partial charge in [-0.25, -0.2) is 0 Å². The third-order valence-corrected chi connectivity index (χ3v) is 16.7. The lowest BCUT2D eigenvalue weighted by molar-refractivity contribution is -0.204. The molecule has 2 aliphatic carbocycles. The number of amides is 1. The number of hydrogen-bond donors (Lipinski definition) is 2. The molecule has 1 amide bonds. The third kappa shape index (κ3) is 6.93. The minimum absolute atomic E-state index is 0.0178. The van der Waals surface area contributed by atoms with Crippen molar-refractivity contribution in [3.8, 4) is 28.7 Å². The third-order valence-electron chi connectivity index (χ3n) is 15.0. The summed E-state index contributed by atoms with van der Waals surface area (Å²) >= 11 is 1.82. The number of methoxy groups -OCH3 is 4. The first kappa shape index (κ1) is 40.7. The molecular weight excluding hydrogens is 769 g/mol. The van der Waals surface area contributed by atoms with Gasteiger partial charge in [-0.05, 0) is 119 Å². The number of fused-ring (bicyclic) bond motifs is 2. The van der Waals surface area contributed by atoms with Crippen LogP contribution in [-0.2, 0) is 25.1 Å². The van der Waals surface area contributed by atoms with Gasteiger partial charge in [-0.3, -0.25) is 10.1 Å². The lowest BCUT2D eigenvalue weighted by Gasteiger charge is -2.49. The van der Waals surface area contributed by atoms with Crippen LogP contribution in [0.5, 0.6) is 28.7 Å². The van der Waals surface area contributed by atoms with Gasteiger partial charge in [0.1, 0.15) is 24.5 Å². The van der Waals surface area contributed by atoms with Gasteiger partial charge in [0, 0.05) is 35.8 Å². The number of carbonyl (C=O) groups is 1. The monoisotopic (exact) mass is 828 g/mol. The van der Waals surface area contributed by atoms with Gasteiger partial charge in [0.2, 0.25) is 5.91 Å². The number of nitrogens with two attached hydrogens (primary N) is 1. The van der Waals surface area contributed by atoms with Gasteiger partial charge in [-0.1, -0.05) is 24.3 Å². The van der Waals surface area contributed by atoms with E-state index in [0.29, 0.717) is 24.7 Å². The average Bonchev–Trinajstić information content (AvgIpc) is 4.03. The first-order valence-corrected chi connectivity index (χ1v) is 22.0. The quantitative estimate of drug-likeness (QED) is 0.243. The number of hydrogen-bond acceptors (Lipinski definition) is 12. The topological polar surface area (TPSA) is 126 Å². The maximum absolute atomic E-state index is 13.0. The Hall–Kier alpha value is -3.72. The summed E-state index contributed by atoms with van der Waals surface area (Å²) in [6.45, 7) is 2.87. The Morgan fingerprint density at radius 1 is 0.763 bits per heavy atom. The van der Waals surface area contributed by atoms with Crippen molar-refractivity contribution in [2.75, 3.05) is 68.8 Å². The molecule has 9 rings (SSSR count). The Labute approximate surface area is 352 Å². The van der Waals surface area contributed by atoms with E-state index in [1.165, 1.54) is 11.1 Å². The molecule has 4 saturated heterocycles. The maximum atomic E-state index is 13.0. The Balaban J connectivity index is 0.892. The summed E-state index contributed by atoms with van der Waals surface area (Å²) < 4.78 is 42.6. The van der Waals surface area contributed by atoms with E-state index >= 15 is 0 Å². The molecule has 6 fully saturated rings. The largest absolute Gasteiger partial charge is 0.497 e. The first-order valence-electron chi connectivity index (χ1n) is 21.1. The minimum atomic E-state index is -0.609. The highest BCUT2D eigenvalue weighted by atomic mass is 32.2. The van der Waals surface area contributed by atoms with Gasteiger partial charge in [0.25, 0.3) is 0 Å². The number of likely N-dealkylation sites (tertiary alicyclic amines) is 2. The molecule has 13 heteroatoms. The Morgan fingerprint density at radius 2 is 1.37 bits per heavy atom. The van der Waals surface area contributed by atoms with Crippen LogP contribution in [0.1, 0.15) is 74.2 Å². The number of nitrogens with one attached hydrogen (secondary N) is 1. The van der Waals surface area contributed by atoms with Crippen molar-refractivity contribution < 1.29 is 38.0 Å². The fraction of sp³-hybridized carbons (Fsp3) is 0.587. The summed E-state index contributed by atoms with van der Waals surface area (Å²) in [5.41, 5.74) is 9.67. The van der Waals surface area contributed by atoms with Gasteiger partial charge in [-0.15, -0.1) is 11.8 Å². The summed E-state index contributed by atoms with van der Waals surface area (Å²) in [6, 6.07) is 20.9.